The Morgan fingerprint density at radius 3 is 2.45 bits per heavy atom. The van der Waals surface area contributed by atoms with E-state index >= 15 is 0 Å². The third kappa shape index (κ3) is 5.49. The third-order valence-corrected chi connectivity index (χ3v) is 10.2. The van der Waals surface area contributed by atoms with E-state index < -0.39 is 44.2 Å². The molecule has 2 heterocycles. The van der Waals surface area contributed by atoms with Crippen LogP contribution in [0, 0.1) is 0 Å². The van der Waals surface area contributed by atoms with Gasteiger partial charge in [-0.3, -0.25) is 0 Å². The number of hydrogen-bond acceptors (Lipinski definition) is 8. The second-order valence-corrected chi connectivity index (χ2v) is 14.4. The Balaban J connectivity index is 2.23. The lowest BCUT2D eigenvalue weighted by molar-refractivity contribution is -0.295. The van der Waals surface area contributed by atoms with E-state index in [4.69, 9.17) is 33.6 Å². The average Bonchev–Trinajstić information content (AvgIpc) is 3.03. The predicted molar refractivity (Wildman–Crippen MR) is 108 cm³/mol. The smallest absolute Gasteiger partial charge is 0.219 e. The number of fused-ring (bicyclic) bond motifs is 1. The van der Waals surface area contributed by atoms with Gasteiger partial charge in [-0.15, -0.1) is 0 Å². The monoisotopic (exact) mass is 433 g/mol. The molecule has 11 heteroatoms. The number of ether oxygens (including phenoxy) is 5. The summed E-state index contributed by atoms with van der Waals surface area (Å²) in [7, 11) is -0.600. The van der Waals surface area contributed by atoms with Crippen LogP contribution in [0.2, 0.25) is 18.1 Å². The highest BCUT2D eigenvalue weighted by molar-refractivity contribution is 6.74. The second kappa shape index (κ2) is 8.78. The maximum absolute atomic E-state index is 11.1. The fourth-order valence-corrected chi connectivity index (χ4v) is 4.22. The zero-order chi connectivity index (χ0) is 22.1. The molecule has 168 valence electrons. The van der Waals surface area contributed by atoms with Crippen LogP contribution in [-0.4, -0.2) is 76.5 Å². The summed E-state index contributed by atoms with van der Waals surface area (Å²) < 4.78 is 34.3. The Bertz CT molecular complexity index is 621. The lowest BCUT2D eigenvalue weighted by Crippen LogP contribution is -2.47. The number of rotatable bonds is 9. The number of methoxy groups -OCH3 is 1. The van der Waals surface area contributed by atoms with Crippen LogP contribution < -0.4 is 0 Å². The molecular weight excluding hydrogens is 398 g/mol. The lowest BCUT2D eigenvalue weighted by Gasteiger charge is -2.38. The minimum atomic E-state index is -2.09. The Morgan fingerprint density at radius 2 is 1.90 bits per heavy atom. The standard InChI is InChI=1S/C18H35N3O7Si/c1-16(2,3)29(7,8)25-9-12(20-21-19)13-14-15(28-17(4,5)26-14)18(22,27-13)10-24-11-23-6/h12-15,22H,9-11H2,1-8H3/t12-,13-,14+,15+,18?/m0/s1. The summed E-state index contributed by atoms with van der Waals surface area (Å²) in [6.07, 6.45) is -2.19. The minimum absolute atomic E-state index is 0.00331. The van der Waals surface area contributed by atoms with Gasteiger partial charge in [-0.25, -0.2) is 0 Å². The number of hydrogen-bond donors (Lipinski definition) is 1. The van der Waals surface area contributed by atoms with E-state index in [0.717, 1.165) is 0 Å². The highest BCUT2D eigenvalue weighted by atomic mass is 28.4. The van der Waals surface area contributed by atoms with Crippen molar-refractivity contribution >= 4 is 8.32 Å². The van der Waals surface area contributed by atoms with E-state index in [1.54, 1.807) is 13.8 Å². The van der Waals surface area contributed by atoms with Crippen molar-refractivity contribution in [3.8, 4) is 0 Å². The van der Waals surface area contributed by atoms with E-state index in [1.165, 1.54) is 7.11 Å². The van der Waals surface area contributed by atoms with Crippen LogP contribution in [0.4, 0.5) is 0 Å². The quantitative estimate of drug-likeness (QED) is 0.148. The average molecular weight is 434 g/mol. The molecular formula is C18H35N3O7Si. The first-order chi connectivity index (χ1) is 13.3. The first kappa shape index (κ1) is 24.5. The summed E-state index contributed by atoms with van der Waals surface area (Å²) in [5.74, 6) is -2.68. The molecule has 5 atom stereocenters. The summed E-state index contributed by atoms with van der Waals surface area (Å²) in [4.78, 5) is 2.97. The van der Waals surface area contributed by atoms with E-state index in [9.17, 15) is 5.11 Å². The molecule has 2 rings (SSSR count). The van der Waals surface area contributed by atoms with E-state index in [-0.39, 0.29) is 25.0 Å². The zero-order valence-corrected chi connectivity index (χ0v) is 19.7. The lowest BCUT2D eigenvalue weighted by atomic mass is 10.0. The topological polar surface area (TPSA) is 124 Å². The molecule has 0 amide bonds. The SMILES string of the molecule is COCOCC1(O)O[C@@H]([C@H](CO[Si](C)(C)C(C)(C)C)N=[N+]=[N-])[C@H]2OC(C)(C)O[C@H]21. The normalized spacial score (nSPS) is 32.7. The summed E-state index contributed by atoms with van der Waals surface area (Å²) in [6, 6.07) is -0.699. The highest BCUT2D eigenvalue weighted by Gasteiger charge is 2.64. The number of nitrogens with zero attached hydrogens (tertiary/aromatic N) is 3. The second-order valence-electron chi connectivity index (χ2n) is 9.55. The van der Waals surface area contributed by atoms with E-state index in [0.29, 0.717) is 0 Å². The molecule has 0 aromatic carbocycles. The summed E-state index contributed by atoms with van der Waals surface area (Å²) in [5, 5.41) is 15.0. The first-order valence-corrected chi connectivity index (χ1v) is 12.7. The zero-order valence-electron chi connectivity index (χ0n) is 18.7. The van der Waals surface area contributed by atoms with Crippen molar-refractivity contribution in [2.45, 2.75) is 88.7 Å². The Hall–Kier alpha value is -0.753. The molecule has 10 nitrogen and oxygen atoms in total. The predicted octanol–water partition coefficient (Wildman–Crippen LogP) is 2.92. The molecule has 1 N–H and O–H groups in total. The molecule has 0 aromatic rings. The summed E-state index contributed by atoms with van der Waals surface area (Å²) in [5.41, 5.74) is 9.12. The van der Waals surface area contributed by atoms with Gasteiger partial charge in [0.15, 0.2) is 14.1 Å². The van der Waals surface area contributed by atoms with E-state index in [1.807, 2.05) is 0 Å². The fraction of sp³-hybridized carbons (Fsp3) is 1.00. The van der Waals surface area contributed by atoms with E-state index in [2.05, 4.69) is 43.9 Å². The Morgan fingerprint density at radius 1 is 1.24 bits per heavy atom. The number of aliphatic hydroxyl groups is 1. The van der Waals surface area contributed by atoms with Crippen molar-refractivity contribution < 1.29 is 33.2 Å². The van der Waals surface area contributed by atoms with Crippen molar-refractivity contribution in [3.05, 3.63) is 10.4 Å². The van der Waals surface area contributed by atoms with Crippen LogP contribution in [0.15, 0.2) is 5.11 Å². The van der Waals surface area contributed by atoms with Gasteiger partial charge >= 0.3 is 0 Å². The van der Waals surface area contributed by atoms with Gasteiger partial charge in [0.25, 0.3) is 0 Å². The van der Waals surface area contributed by atoms with Gasteiger partial charge in [0, 0.05) is 18.6 Å². The van der Waals surface area contributed by atoms with Crippen LogP contribution in [0.25, 0.3) is 10.4 Å². The number of azide groups is 1. The van der Waals surface area contributed by atoms with Crippen molar-refractivity contribution in [1.29, 1.82) is 0 Å². The molecule has 0 aliphatic carbocycles. The van der Waals surface area contributed by atoms with Crippen LogP contribution in [0.3, 0.4) is 0 Å². The molecule has 2 saturated heterocycles. The van der Waals surface area contributed by atoms with Crippen molar-refractivity contribution in [2.24, 2.45) is 5.11 Å². The minimum Gasteiger partial charge on any atom is -0.416 e. The molecule has 0 radical (unpaired) electrons. The molecule has 0 saturated carbocycles. The van der Waals surface area contributed by atoms with Gasteiger partial charge in [-0.2, -0.15) is 0 Å². The maximum Gasteiger partial charge on any atom is 0.219 e. The van der Waals surface area contributed by atoms with Gasteiger partial charge in [0.05, 0.1) is 6.04 Å². The van der Waals surface area contributed by atoms with Crippen LogP contribution >= 0.6 is 0 Å². The highest BCUT2D eigenvalue weighted by Crippen LogP contribution is 2.45. The first-order valence-electron chi connectivity index (χ1n) is 9.77. The molecule has 0 bridgehead atoms. The van der Waals surface area contributed by atoms with Crippen LogP contribution in [0.5, 0.6) is 0 Å². The molecule has 2 aliphatic heterocycles. The summed E-state index contributed by atoms with van der Waals surface area (Å²) >= 11 is 0. The molecule has 2 aliphatic rings. The fourth-order valence-electron chi connectivity index (χ4n) is 3.20. The van der Waals surface area contributed by atoms with Gasteiger partial charge in [0.1, 0.15) is 31.7 Å². The van der Waals surface area contributed by atoms with Gasteiger partial charge in [-0.1, -0.05) is 25.9 Å². The largest absolute Gasteiger partial charge is 0.416 e. The Labute approximate surface area is 173 Å². The molecule has 1 unspecified atom stereocenters. The van der Waals surface area contributed by atoms with Crippen molar-refractivity contribution in [3.63, 3.8) is 0 Å². The van der Waals surface area contributed by atoms with Crippen molar-refractivity contribution in [2.75, 3.05) is 27.1 Å². The molecule has 0 spiro atoms. The maximum atomic E-state index is 11.1. The molecule has 2 fully saturated rings. The van der Waals surface area contributed by atoms with Crippen molar-refractivity contribution in [1.82, 2.24) is 0 Å². The summed E-state index contributed by atoms with van der Waals surface area (Å²) in [6.45, 7) is 14.1. The van der Waals surface area contributed by atoms with Gasteiger partial charge in [-0.05, 0) is 37.5 Å². The van der Waals surface area contributed by atoms with Gasteiger partial charge in [0.2, 0.25) is 5.79 Å². The third-order valence-electron chi connectivity index (χ3n) is 5.75. The van der Waals surface area contributed by atoms with Crippen LogP contribution in [-0.2, 0) is 28.1 Å². The van der Waals surface area contributed by atoms with Gasteiger partial charge < -0.3 is 33.2 Å². The molecule has 0 aromatic heterocycles. The van der Waals surface area contributed by atoms with Crippen LogP contribution in [0.1, 0.15) is 34.6 Å². The Kier molecular flexibility index (Phi) is 7.42. The molecule has 29 heavy (non-hydrogen) atoms.